The second-order valence-corrected chi connectivity index (χ2v) is 10.5. The van der Waals surface area contributed by atoms with Gasteiger partial charge < -0.3 is 4.42 Å². The van der Waals surface area contributed by atoms with Gasteiger partial charge in [0.05, 0.1) is 22.8 Å². The van der Waals surface area contributed by atoms with Gasteiger partial charge in [0.25, 0.3) is 0 Å². The van der Waals surface area contributed by atoms with Crippen molar-refractivity contribution in [2.24, 2.45) is 0 Å². The smallest absolute Gasteiger partial charge is 0.416 e. The van der Waals surface area contributed by atoms with Gasteiger partial charge in [-0.05, 0) is 68.2 Å². The van der Waals surface area contributed by atoms with Crippen LogP contribution in [-0.4, -0.2) is 38.7 Å². The summed E-state index contributed by atoms with van der Waals surface area (Å²) in [6.45, 7) is 8.88. The summed E-state index contributed by atoms with van der Waals surface area (Å²) in [5, 5.41) is 0. The van der Waals surface area contributed by atoms with Crippen molar-refractivity contribution >= 4 is 16.6 Å². The average molecular weight is 535 g/mol. The molecule has 0 N–H and O–H groups in total. The summed E-state index contributed by atoms with van der Waals surface area (Å²) in [6, 6.07) is 13.0. The molecule has 1 unspecified atom stereocenters. The van der Waals surface area contributed by atoms with Crippen molar-refractivity contribution in [1.82, 2.24) is 9.88 Å². The van der Waals surface area contributed by atoms with Gasteiger partial charge in [0.1, 0.15) is 11.5 Å². The van der Waals surface area contributed by atoms with Crippen LogP contribution in [0.5, 0.6) is 0 Å². The van der Waals surface area contributed by atoms with Gasteiger partial charge in [0.15, 0.2) is 0 Å². The minimum absolute atomic E-state index is 0.0886. The Morgan fingerprint density at radius 3 is 2.22 bits per heavy atom. The van der Waals surface area contributed by atoms with Crippen LogP contribution in [0.25, 0.3) is 11.5 Å². The second kappa shape index (κ2) is 13.1. The molecule has 37 heavy (non-hydrogen) atoms. The number of carbonyl (C=O) groups is 1. The van der Waals surface area contributed by atoms with Gasteiger partial charge in [0.2, 0.25) is 5.89 Å². The zero-order valence-corrected chi connectivity index (χ0v) is 22.3. The molecule has 0 saturated heterocycles. The molecule has 2 aromatic carbocycles. The highest BCUT2D eigenvalue weighted by atomic mass is 32.2. The molecule has 0 fully saturated rings. The molecule has 1 aromatic heterocycles. The van der Waals surface area contributed by atoms with E-state index in [0.717, 1.165) is 42.9 Å². The van der Waals surface area contributed by atoms with Gasteiger partial charge in [-0.15, -0.1) is 0 Å². The first-order valence-electron chi connectivity index (χ1n) is 12.4. The molecule has 0 saturated carbocycles. The Kier molecular flexibility index (Phi) is 10.2. The third-order valence-corrected chi connectivity index (χ3v) is 7.46. The van der Waals surface area contributed by atoms with E-state index in [1.54, 1.807) is 6.92 Å². The van der Waals surface area contributed by atoms with E-state index >= 15 is 0 Å². The second-order valence-electron chi connectivity index (χ2n) is 9.00. The molecule has 0 radical (unpaired) electrons. The predicted molar refractivity (Wildman–Crippen MR) is 139 cm³/mol. The van der Waals surface area contributed by atoms with Crippen molar-refractivity contribution in [3.63, 3.8) is 0 Å². The number of halogens is 3. The van der Waals surface area contributed by atoms with E-state index in [1.807, 2.05) is 24.3 Å². The molecule has 1 atom stereocenters. The number of aromatic nitrogens is 1. The van der Waals surface area contributed by atoms with Crippen molar-refractivity contribution in [1.29, 1.82) is 0 Å². The molecule has 3 aromatic rings. The van der Waals surface area contributed by atoms with Gasteiger partial charge in [-0.2, -0.15) is 13.2 Å². The van der Waals surface area contributed by atoms with Crippen molar-refractivity contribution in [2.75, 3.05) is 18.8 Å². The molecule has 0 aliphatic heterocycles. The van der Waals surface area contributed by atoms with Crippen molar-refractivity contribution in [2.45, 2.75) is 58.5 Å². The first-order chi connectivity index (χ1) is 17.6. The molecule has 0 aliphatic rings. The fourth-order valence-electron chi connectivity index (χ4n) is 3.95. The van der Waals surface area contributed by atoms with Crippen LogP contribution in [0, 0.1) is 6.92 Å². The van der Waals surface area contributed by atoms with Gasteiger partial charge in [-0.1, -0.05) is 38.1 Å². The minimum atomic E-state index is -4.36. The number of hydrogen-bond acceptors (Lipinski definition) is 5. The minimum Gasteiger partial charge on any atom is -0.441 e. The Hall–Kier alpha value is -2.78. The fraction of sp³-hybridized carbons (Fsp3) is 0.429. The zero-order chi connectivity index (χ0) is 27.0. The van der Waals surface area contributed by atoms with Crippen LogP contribution in [0.2, 0.25) is 0 Å². The van der Waals surface area contributed by atoms with Crippen LogP contribution in [0.4, 0.5) is 13.2 Å². The summed E-state index contributed by atoms with van der Waals surface area (Å²) >= 11 is 0. The van der Waals surface area contributed by atoms with E-state index in [9.17, 15) is 22.2 Å². The monoisotopic (exact) mass is 534 g/mol. The van der Waals surface area contributed by atoms with Crippen LogP contribution >= 0.6 is 0 Å². The highest BCUT2D eigenvalue weighted by Crippen LogP contribution is 2.29. The Bertz CT molecular complexity index is 1180. The Morgan fingerprint density at radius 1 is 1.00 bits per heavy atom. The summed E-state index contributed by atoms with van der Waals surface area (Å²) in [5.74, 6) is 0.928. The third-order valence-electron chi connectivity index (χ3n) is 6.22. The fourth-order valence-corrected chi connectivity index (χ4v) is 5.13. The number of benzene rings is 2. The summed E-state index contributed by atoms with van der Waals surface area (Å²) in [6.07, 6.45) is -3.18. The van der Waals surface area contributed by atoms with E-state index in [-0.39, 0.29) is 23.7 Å². The van der Waals surface area contributed by atoms with Crippen LogP contribution < -0.4 is 0 Å². The molecule has 3 rings (SSSR count). The maximum atomic E-state index is 12.7. The number of alkyl halides is 3. The van der Waals surface area contributed by atoms with Gasteiger partial charge >= 0.3 is 6.18 Å². The number of ketones is 1. The Labute approximate surface area is 218 Å². The van der Waals surface area contributed by atoms with Crippen molar-refractivity contribution in [3.05, 3.63) is 76.7 Å². The summed E-state index contributed by atoms with van der Waals surface area (Å²) < 4.78 is 56.4. The lowest BCUT2D eigenvalue weighted by molar-refractivity contribution is -0.137. The number of aryl methyl sites for hydroxylation is 2. The molecule has 0 spiro atoms. The number of hydrogen-bond donors (Lipinski definition) is 0. The van der Waals surface area contributed by atoms with Gasteiger partial charge in [0, 0.05) is 29.3 Å². The first kappa shape index (κ1) is 28.8. The van der Waals surface area contributed by atoms with E-state index in [0.29, 0.717) is 30.2 Å². The Balaban J connectivity index is 1.48. The van der Waals surface area contributed by atoms with Gasteiger partial charge in [-0.25, -0.2) is 4.98 Å². The predicted octanol–water partition coefficient (Wildman–Crippen LogP) is 6.35. The molecule has 0 amide bonds. The molecule has 1 heterocycles. The normalized spacial score (nSPS) is 12.7. The van der Waals surface area contributed by atoms with E-state index in [2.05, 4.69) is 23.7 Å². The van der Waals surface area contributed by atoms with Crippen molar-refractivity contribution in [3.8, 4) is 11.5 Å². The summed E-state index contributed by atoms with van der Waals surface area (Å²) in [7, 11) is -1.43. The average Bonchev–Trinajstić information content (AvgIpc) is 3.22. The largest absolute Gasteiger partial charge is 0.441 e. The number of nitrogens with zero attached hydrogens (tertiary/aromatic N) is 2. The van der Waals surface area contributed by atoms with E-state index in [4.69, 9.17) is 4.42 Å². The maximum absolute atomic E-state index is 12.7. The molecule has 200 valence electrons. The number of rotatable bonds is 13. The highest BCUT2D eigenvalue weighted by molar-refractivity contribution is 7.84. The number of oxazole rings is 1. The van der Waals surface area contributed by atoms with Crippen molar-refractivity contribution < 1.29 is 26.6 Å². The third kappa shape index (κ3) is 8.64. The molecular weight excluding hydrogens is 501 g/mol. The molecule has 0 aliphatic carbocycles. The van der Waals surface area contributed by atoms with Crippen LogP contribution in [0.1, 0.15) is 54.8 Å². The Morgan fingerprint density at radius 2 is 1.62 bits per heavy atom. The topological polar surface area (TPSA) is 63.4 Å². The standard InChI is InChI=1S/C28H33F3N2O3S/c1-4-33(5-2)17-22-9-13-23(14-10-22)27-32-26(20(3)36-27)19-37(35)18-25(34)8-6-7-21-11-15-24(16-12-21)28(29,30)31/h9-16H,4-8,17-19H2,1-3H3. The van der Waals surface area contributed by atoms with Gasteiger partial charge in [-0.3, -0.25) is 13.9 Å². The highest BCUT2D eigenvalue weighted by Gasteiger charge is 2.29. The van der Waals surface area contributed by atoms with E-state index in [1.165, 1.54) is 17.7 Å². The number of Topliss-reactive ketones (excluding diaryl/α,β-unsaturated/α-hetero) is 1. The van der Waals surface area contributed by atoms with Crippen LogP contribution in [0.15, 0.2) is 52.9 Å². The molecule has 0 bridgehead atoms. The van der Waals surface area contributed by atoms with E-state index < -0.39 is 22.5 Å². The quantitative estimate of drug-likeness (QED) is 0.256. The van der Waals surface area contributed by atoms with Crippen LogP contribution in [0.3, 0.4) is 0 Å². The SMILES string of the molecule is CCN(CC)Cc1ccc(-c2nc(CS(=O)CC(=O)CCCc3ccc(C(F)(F)F)cc3)c(C)o2)cc1. The lowest BCUT2D eigenvalue weighted by atomic mass is 10.0. The summed E-state index contributed by atoms with van der Waals surface area (Å²) in [4.78, 5) is 19.1. The zero-order valence-electron chi connectivity index (χ0n) is 21.4. The lowest BCUT2D eigenvalue weighted by Gasteiger charge is -2.17. The molecule has 9 heteroatoms. The first-order valence-corrected chi connectivity index (χ1v) is 13.9. The maximum Gasteiger partial charge on any atom is 0.416 e. The van der Waals surface area contributed by atoms with Crippen LogP contribution in [-0.2, 0) is 40.5 Å². The molecular formula is C28H33F3N2O3S. The summed E-state index contributed by atoms with van der Waals surface area (Å²) in [5.41, 5.74) is 2.64. The lowest BCUT2D eigenvalue weighted by Crippen LogP contribution is -2.21. The number of carbonyl (C=O) groups excluding carboxylic acids is 1. The molecule has 5 nitrogen and oxygen atoms in total.